The van der Waals surface area contributed by atoms with E-state index >= 15 is 0 Å². The molecule has 1 amide bonds. The molecule has 0 radical (unpaired) electrons. The second-order valence-corrected chi connectivity index (χ2v) is 4.64. The van der Waals surface area contributed by atoms with Crippen LogP contribution in [0.3, 0.4) is 0 Å². The minimum absolute atomic E-state index is 0.0374. The summed E-state index contributed by atoms with van der Waals surface area (Å²) in [5.74, 6) is 0.739. The van der Waals surface area contributed by atoms with Gasteiger partial charge in [-0.2, -0.15) is 0 Å². The Morgan fingerprint density at radius 3 is 2.73 bits per heavy atom. The molecule has 1 fully saturated rings. The van der Waals surface area contributed by atoms with Crippen LogP contribution in [0.1, 0.15) is 51.9 Å². The van der Waals surface area contributed by atoms with E-state index in [0.29, 0.717) is 5.92 Å². The van der Waals surface area contributed by atoms with Gasteiger partial charge in [0, 0.05) is 6.54 Å². The topological polar surface area (TPSA) is 55.1 Å². The lowest BCUT2D eigenvalue weighted by atomic mass is 10.1. The fourth-order valence-electron chi connectivity index (χ4n) is 2.15. The fraction of sp³-hybridized carbons (Fsp3) is 0.917. The highest BCUT2D eigenvalue weighted by atomic mass is 16.2. The van der Waals surface area contributed by atoms with Crippen molar-refractivity contribution in [2.45, 2.75) is 57.9 Å². The third kappa shape index (κ3) is 4.65. The van der Waals surface area contributed by atoms with E-state index in [-0.39, 0.29) is 11.9 Å². The van der Waals surface area contributed by atoms with Crippen molar-refractivity contribution in [3.8, 4) is 0 Å². The zero-order valence-electron chi connectivity index (χ0n) is 9.80. The number of hydrogen-bond acceptors (Lipinski definition) is 2. The molecular weight excluding hydrogens is 188 g/mol. The summed E-state index contributed by atoms with van der Waals surface area (Å²) >= 11 is 0. The standard InChI is InChI=1S/C12H24N2O/c1-2-3-8-11(13)12(15)14-9-10-6-4-5-7-10/h10-11H,2-9,13H2,1H3,(H,14,15). The predicted octanol–water partition coefficient (Wildman–Crippen LogP) is 1.81. The van der Waals surface area contributed by atoms with Gasteiger partial charge in [0.05, 0.1) is 6.04 Å². The van der Waals surface area contributed by atoms with E-state index in [4.69, 9.17) is 5.73 Å². The zero-order chi connectivity index (χ0) is 11.1. The molecule has 88 valence electrons. The van der Waals surface area contributed by atoms with Crippen molar-refractivity contribution in [2.75, 3.05) is 6.54 Å². The van der Waals surface area contributed by atoms with Crippen LogP contribution in [0.5, 0.6) is 0 Å². The van der Waals surface area contributed by atoms with Gasteiger partial charge in [-0.25, -0.2) is 0 Å². The Labute approximate surface area is 92.8 Å². The summed E-state index contributed by atoms with van der Waals surface area (Å²) in [5.41, 5.74) is 5.78. The Morgan fingerprint density at radius 1 is 1.47 bits per heavy atom. The van der Waals surface area contributed by atoms with E-state index in [9.17, 15) is 4.79 Å². The molecule has 1 rings (SSSR count). The van der Waals surface area contributed by atoms with Crippen molar-refractivity contribution in [2.24, 2.45) is 11.7 Å². The maximum Gasteiger partial charge on any atom is 0.236 e. The number of amides is 1. The predicted molar refractivity (Wildman–Crippen MR) is 62.5 cm³/mol. The van der Waals surface area contributed by atoms with Crippen molar-refractivity contribution < 1.29 is 4.79 Å². The van der Waals surface area contributed by atoms with Crippen LogP contribution in [-0.2, 0) is 4.79 Å². The summed E-state index contributed by atoms with van der Waals surface area (Å²) in [5, 5.41) is 2.97. The van der Waals surface area contributed by atoms with Crippen molar-refractivity contribution in [3.63, 3.8) is 0 Å². The molecule has 1 unspecified atom stereocenters. The Morgan fingerprint density at radius 2 is 2.13 bits per heavy atom. The number of hydrogen-bond donors (Lipinski definition) is 2. The van der Waals surface area contributed by atoms with Crippen LogP contribution in [0.4, 0.5) is 0 Å². The Balaban J connectivity index is 2.11. The molecule has 3 heteroatoms. The molecule has 0 saturated heterocycles. The van der Waals surface area contributed by atoms with Crippen LogP contribution >= 0.6 is 0 Å². The molecule has 3 N–H and O–H groups in total. The van der Waals surface area contributed by atoms with Gasteiger partial charge in [0.2, 0.25) is 5.91 Å². The number of nitrogens with one attached hydrogen (secondary N) is 1. The molecule has 1 atom stereocenters. The quantitative estimate of drug-likeness (QED) is 0.705. The maximum atomic E-state index is 11.6. The average molecular weight is 212 g/mol. The highest BCUT2D eigenvalue weighted by Crippen LogP contribution is 2.23. The number of carbonyl (C=O) groups excluding carboxylic acids is 1. The van der Waals surface area contributed by atoms with Gasteiger partial charge < -0.3 is 11.1 Å². The van der Waals surface area contributed by atoms with Gasteiger partial charge in [-0.3, -0.25) is 4.79 Å². The maximum absolute atomic E-state index is 11.6. The van der Waals surface area contributed by atoms with Gasteiger partial charge in [0.15, 0.2) is 0 Å². The van der Waals surface area contributed by atoms with Crippen molar-refractivity contribution in [1.29, 1.82) is 0 Å². The molecule has 1 aliphatic rings. The molecule has 0 aromatic carbocycles. The fourth-order valence-corrected chi connectivity index (χ4v) is 2.15. The van der Waals surface area contributed by atoms with E-state index in [2.05, 4.69) is 12.2 Å². The normalized spacial score (nSPS) is 19.1. The van der Waals surface area contributed by atoms with Crippen LogP contribution in [0.2, 0.25) is 0 Å². The molecule has 0 bridgehead atoms. The van der Waals surface area contributed by atoms with Crippen LogP contribution in [0, 0.1) is 5.92 Å². The third-order valence-corrected chi connectivity index (χ3v) is 3.25. The molecule has 0 aliphatic heterocycles. The number of unbranched alkanes of at least 4 members (excludes halogenated alkanes) is 1. The summed E-state index contributed by atoms with van der Waals surface area (Å²) < 4.78 is 0. The summed E-state index contributed by atoms with van der Waals surface area (Å²) in [6, 6.07) is -0.300. The van der Waals surface area contributed by atoms with Gasteiger partial charge in [0.25, 0.3) is 0 Å². The first kappa shape index (κ1) is 12.5. The lowest BCUT2D eigenvalue weighted by Crippen LogP contribution is -2.42. The Kier molecular flexibility index (Phi) is 5.69. The van der Waals surface area contributed by atoms with Gasteiger partial charge in [-0.1, -0.05) is 32.6 Å². The van der Waals surface area contributed by atoms with Crippen LogP contribution in [0.15, 0.2) is 0 Å². The smallest absolute Gasteiger partial charge is 0.236 e. The molecular formula is C12H24N2O. The molecule has 15 heavy (non-hydrogen) atoms. The van der Waals surface area contributed by atoms with E-state index in [0.717, 1.165) is 25.8 Å². The van der Waals surface area contributed by atoms with E-state index < -0.39 is 0 Å². The van der Waals surface area contributed by atoms with Crippen molar-refractivity contribution in [1.82, 2.24) is 5.32 Å². The first-order valence-electron chi connectivity index (χ1n) is 6.27. The van der Waals surface area contributed by atoms with Crippen LogP contribution in [-0.4, -0.2) is 18.5 Å². The lowest BCUT2D eigenvalue weighted by Gasteiger charge is -2.14. The van der Waals surface area contributed by atoms with E-state index in [1.807, 2.05) is 0 Å². The highest BCUT2D eigenvalue weighted by molar-refractivity contribution is 5.81. The van der Waals surface area contributed by atoms with E-state index in [1.54, 1.807) is 0 Å². The van der Waals surface area contributed by atoms with Crippen molar-refractivity contribution in [3.05, 3.63) is 0 Å². The molecule has 0 aromatic heterocycles. The largest absolute Gasteiger partial charge is 0.354 e. The number of nitrogens with two attached hydrogens (primary N) is 1. The minimum atomic E-state index is -0.300. The minimum Gasteiger partial charge on any atom is -0.354 e. The van der Waals surface area contributed by atoms with Gasteiger partial charge in [-0.05, 0) is 25.2 Å². The SMILES string of the molecule is CCCCC(N)C(=O)NCC1CCCC1. The molecule has 1 saturated carbocycles. The van der Waals surface area contributed by atoms with Gasteiger partial charge >= 0.3 is 0 Å². The van der Waals surface area contributed by atoms with Crippen molar-refractivity contribution >= 4 is 5.91 Å². The molecule has 3 nitrogen and oxygen atoms in total. The zero-order valence-corrected chi connectivity index (χ0v) is 9.80. The highest BCUT2D eigenvalue weighted by Gasteiger charge is 2.17. The first-order chi connectivity index (χ1) is 7.24. The van der Waals surface area contributed by atoms with Crippen LogP contribution in [0.25, 0.3) is 0 Å². The first-order valence-corrected chi connectivity index (χ1v) is 6.27. The number of rotatable bonds is 6. The third-order valence-electron chi connectivity index (χ3n) is 3.25. The molecule has 0 spiro atoms. The summed E-state index contributed by atoms with van der Waals surface area (Å²) in [7, 11) is 0. The lowest BCUT2D eigenvalue weighted by molar-refractivity contribution is -0.122. The van der Waals surface area contributed by atoms with Crippen LogP contribution < -0.4 is 11.1 Å². The van der Waals surface area contributed by atoms with Gasteiger partial charge in [0.1, 0.15) is 0 Å². The molecule has 0 heterocycles. The monoisotopic (exact) mass is 212 g/mol. The second-order valence-electron chi connectivity index (χ2n) is 4.64. The second kappa shape index (κ2) is 6.83. The Hall–Kier alpha value is -0.570. The summed E-state index contributed by atoms with van der Waals surface area (Å²) in [4.78, 5) is 11.6. The summed E-state index contributed by atoms with van der Waals surface area (Å²) in [6.45, 7) is 2.95. The number of carbonyl (C=O) groups is 1. The Bertz CT molecular complexity index is 188. The van der Waals surface area contributed by atoms with Gasteiger partial charge in [-0.15, -0.1) is 0 Å². The van der Waals surface area contributed by atoms with E-state index in [1.165, 1.54) is 25.7 Å². The molecule has 1 aliphatic carbocycles. The summed E-state index contributed by atoms with van der Waals surface area (Å²) in [6.07, 6.45) is 8.13. The average Bonchev–Trinajstić information content (AvgIpc) is 2.75. The molecule has 0 aromatic rings.